The molecule has 1 aliphatic heterocycles. The first-order valence-corrected chi connectivity index (χ1v) is 12.4. The number of aromatic nitrogens is 1. The third-order valence-corrected chi connectivity index (χ3v) is 8.20. The van der Waals surface area contributed by atoms with Gasteiger partial charge >= 0.3 is 0 Å². The van der Waals surface area contributed by atoms with Gasteiger partial charge in [0.2, 0.25) is 9.84 Å². The lowest BCUT2D eigenvalue weighted by molar-refractivity contribution is 0.128. The zero-order chi connectivity index (χ0) is 21.7. The van der Waals surface area contributed by atoms with Gasteiger partial charge in [-0.25, -0.2) is 8.42 Å². The van der Waals surface area contributed by atoms with E-state index in [2.05, 4.69) is 46.5 Å². The first kappa shape index (κ1) is 21.4. The standard InChI is InChI=1S/C23H28BrN3O2S/c1-23(2,3)27-12-10-26(11-13-27)18-6-5-7-19(15-18)30(28,29)22-16-25(4)21-9-8-17(24)14-20(21)22/h5-9,14-16H,10-13H2,1-4H3. The summed E-state index contributed by atoms with van der Waals surface area (Å²) in [6, 6.07) is 13.1. The van der Waals surface area contributed by atoms with E-state index in [1.807, 2.05) is 48.0 Å². The zero-order valence-electron chi connectivity index (χ0n) is 17.9. The minimum absolute atomic E-state index is 0.153. The second kappa shape index (κ2) is 7.70. The van der Waals surface area contributed by atoms with E-state index in [0.29, 0.717) is 9.79 Å². The topological polar surface area (TPSA) is 45.6 Å². The molecule has 3 aromatic rings. The summed E-state index contributed by atoms with van der Waals surface area (Å²) in [4.78, 5) is 5.43. The summed E-state index contributed by atoms with van der Waals surface area (Å²) < 4.78 is 29.8. The van der Waals surface area contributed by atoms with E-state index in [1.54, 1.807) is 12.3 Å². The number of aryl methyl sites for hydroxylation is 1. The Morgan fingerprint density at radius 2 is 1.67 bits per heavy atom. The van der Waals surface area contributed by atoms with Crippen LogP contribution in [-0.4, -0.2) is 49.6 Å². The van der Waals surface area contributed by atoms with Crippen LogP contribution >= 0.6 is 15.9 Å². The first-order valence-electron chi connectivity index (χ1n) is 10.2. The minimum atomic E-state index is -3.64. The SMILES string of the molecule is Cn1cc(S(=O)(=O)c2cccc(N3CCN(C(C)(C)C)CC3)c2)c2cc(Br)ccc21. The van der Waals surface area contributed by atoms with E-state index < -0.39 is 9.84 Å². The average molecular weight is 490 g/mol. The van der Waals surface area contributed by atoms with Crippen LogP contribution in [-0.2, 0) is 16.9 Å². The van der Waals surface area contributed by atoms with Crippen molar-refractivity contribution >= 4 is 42.4 Å². The van der Waals surface area contributed by atoms with Crippen molar-refractivity contribution in [3.8, 4) is 0 Å². The summed E-state index contributed by atoms with van der Waals surface area (Å²) in [6.45, 7) is 10.4. The van der Waals surface area contributed by atoms with Crippen LogP contribution in [0.4, 0.5) is 5.69 Å². The fourth-order valence-corrected chi connectivity index (χ4v) is 6.05. The van der Waals surface area contributed by atoms with Gasteiger partial charge in [-0.3, -0.25) is 4.90 Å². The van der Waals surface area contributed by atoms with Gasteiger partial charge in [-0.1, -0.05) is 22.0 Å². The van der Waals surface area contributed by atoms with Crippen molar-refractivity contribution in [2.45, 2.75) is 36.1 Å². The molecule has 0 radical (unpaired) electrons. The van der Waals surface area contributed by atoms with Crippen LogP contribution in [0.25, 0.3) is 10.9 Å². The molecular formula is C23H28BrN3O2S. The van der Waals surface area contributed by atoms with Gasteiger partial charge in [0.05, 0.1) is 9.79 Å². The molecule has 0 aliphatic carbocycles. The summed E-state index contributed by atoms with van der Waals surface area (Å²) in [5.74, 6) is 0. The molecule has 5 nitrogen and oxygen atoms in total. The fourth-order valence-electron chi connectivity index (χ4n) is 4.15. The molecule has 160 valence electrons. The highest BCUT2D eigenvalue weighted by Crippen LogP contribution is 2.33. The quantitative estimate of drug-likeness (QED) is 0.534. The van der Waals surface area contributed by atoms with Crippen LogP contribution in [0.5, 0.6) is 0 Å². The molecule has 1 fully saturated rings. The van der Waals surface area contributed by atoms with Gasteiger partial charge in [0, 0.05) is 66.0 Å². The van der Waals surface area contributed by atoms with Gasteiger partial charge in [0.25, 0.3) is 0 Å². The number of benzene rings is 2. The lowest BCUT2D eigenvalue weighted by atomic mass is 10.0. The van der Waals surface area contributed by atoms with Crippen LogP contribution < -0.4 is 4.90 Å². The van der Waals surface area contributed by atoms with Gasteiger partial charge in [-0.15, -0.1) is 0 Å². The maximum Gasteiger partial charge on any atom is 0.208 e. The summed E-state index contributed by atoms with van der Waals surface area (Å²) in [7, 11) is -1.76. The maximum absolute atomic E-state index is 13.5. The Kier molecular flexibility index (Phi) is 5.49. The molecule has 0 saturated carbocycles. The third-order valence-electron chi connectivity index (χ3n) is 5.93. The van der Waals surface area contributed by atoms with E-state index in [4.69, 9.17) is 0 Å². The number of nitrogens with zero attached hydrogens (tertiary/aromatic N) is 3. The van der Waals surface area contributed by atoms with Gasteiger partial charge < -0.3 is 9.47 Å². The highest BCUT2D eigenvalue weighted by Gasteiger charge is 2.27. The highest BCUT2D eigenvalue weighted by molar-refractivity contribution is 9.10. The van der Waals surface area contributed by atoms with Crippen LogP contribution in [0, 0.1) is 0 Å². The Bertz CT molecular complexity index is 1190. The number of hydrogen-bond acceptors (Lipinski definition) is 4. The summed E-state index contributed by atoms with van der Waals surface area (Å²) >= 11 is 3.47. The normalized spacial score (nSPS) is 16.4. The van der Waals surface area contributed by atoms with E-state index >= 15 is 0 Å². The van der Waals surface area contributed by atoms with Crippen molar-refractivity contribution in [2.75, 3.05) is 31.1 Å². The molecule has 2 heterocycles. The third kappa shape index (κ3) is 3.90. The Morgan fingerprint density at radius 1 is 0.967 bits per heavy atom. The molecule has 4 rings (SSSR count). The molecule has 0 bridgehead atoms. The Labute approximate surface area is 187 Å². The molecule has 2 aromatic carbocycles. The van der Waals surface area contributed by atoms with E-state index in [0.717, 1.165) is 47.2 Å². The predicted molar refractivity (Wildman–Crippen MR) is 126 cm³/mol. The second-order valence-electron chi connectivity index (χ2n) is 8.91. The van der Waals surface area contributed by atoms with Gasteiger partial charge in [-0.2, -0.15) is 0 Å². The minimum Gasteiger partial charge on any atom is -0.369 e. The fraction of sp³-hybridized carbons (Fsp3) is 0.391. The molecule has 0 atom stereocenters. The molecule has 0 unspecified atom stereocenters. The molecule has 1 saturated heterocycles. The molecular weight excluding hydrogens is 462 g/mol. The monoisotopic (exact) mass is 489 g/mol. The van der Waals surface area contributed by atoms with Crippen molar-refractivity contribution < 1.29 is 8.42 Å². The van der Waals surface area contributed by atoms with Crippen LogP contribution in [0.2, 0.25) is 0 Å². The predicted octanol–water partition coefficient (Wildman–Crippen LogP) is 4.69. The highest BCUT2D eigenvalue weighted by atomic mass is 79.9. The molecule has 0 spiro atoms. The molecule has 30 heavy (non-hydrogen) atoms. The summed E-state index contributed by atoms with van der Waals surface area (Å²) in [6.07, 6.45) is 1.71. The van der Waals surface area contributed by atoms with Crippen molar-refractivity contribution in [2.24, 2.45) is 7.05 Å². The number of rotatable bonds is 3. The Morgan fingerprint density at radius 3 is 2.33 bits per heavy atom. The van der Waals surface area contributed by atoms with Crippen molar-refractivity contribution in [1.29, 1.82) is 0 Å². The van der Waals surface area contributed by atoms with E-state index in [1.165, 1.54) is 0 Å². The molecule has 7 heteroatoms. The number of sulfone groups is 1. The maximum atomic E-state index is 13.5. The molecule has 0 amide bonds. The smallest absolute Gasteiger partial charge is 0.208 e. The van der Waals surface area contributed by atoms with Gasteiger partial charge in [0.15, 0.2) is 0 Å². The number of piperazine rings is 1. The van der Waals surface area contributed by atoms with Gasteiger partial charge in [0.1, 0.15) is 0 Å². The number of anilines is 1. The summed E-state index contributed by atoms with van der Waals surface area (Å²) in [5.41, 5.74) is 2.01. The van der Waals surface area contributed by atoms with E-state index in [-0.39, 0.29) is 5.54 Å². The van der Waals surface area contributed by atoms with Crippen molar-refractivity contribution in [3.63, 3.8) is 0 Å². The molecule has 0 N–H and O–H groups in total. The number of halogens is 1. The summed E-state index contributed by atoms with van der Waals surface area (Å²) in [5, 5.41) is 0.732. The molecule has 1 aromatic heterocycles. The zero-order valence-corrected chi connectivity index (χ0v) is 20.3. The van der Waals surface area contributed by atoms with E-state index in [9.17, 15) is 8.42 Å². The lowest BCUT2D eigenvalue weighted by Gasteiger charge is -2.43. The average Bonchev–Trinajstić information content (AvgIpc) is 3.04. The van der Waals surface area contributed by atoms with Crippen molar-refractivity contribution in [3.05, 3.63) is 53.1 Å². The Balaban J connectivity index is 1.67. The first-order chi connectivity index (χ1) is 14.1. The number of fused-ring (bicyclic) bond motifs is 1. The Hall–Kier alpha value is -1.83. The van der Waals surface area contributed by atoms with Gasteiger partial charge in [-0.05, 0) is 57.2 Å². The number of hydrogen-bond donors (Lipinski definition) is 0. The lowest BCUT2D eigenvalue weighted by Crippen LogP contribution is -2.53. The van der Waals surface area contributed by atoms with Crippen LogP contribution in [0.15, 0.2) is 62.9 Å². The van der Waals surface area contributed by atoms with Crippen molar-refractivity contribution in [1.82, 2.24) is 9.47 Å². The van der Waals surface area contributed by atoms with Crippen LogP contribution in [0.1, 0.15) is 20.8 Å². The van der Waals surface area contributed by atoms with Crippen LogP contribution in [0.3, 0.4) is 0 Å². The molecule has 1 aliphatic rings. The second-order valence-corrected chi connectivity index (χ2v) is 11.7. The largest absolute Gasteiger partial charge is 0.369 e.